The third-order valence-electron chi connectivity index (χ3n) is 4.12. The largest absolute Gasteiger partial charge is 0.351 e. The summed E-state index contributed by atoms with van der Waals surface area (Å²) in [4.78, 5) is 26.9. The van der Waals surface area contributed by atoms with Crippen LogP contribution in [-0.4, -0.2) is 29.3 Å². The van der Waals surface area contributed by atoms with Crippen LogP contribution in [0.5, 0.6) is 0 Å². The maximum absolute atomic E-state index is 13.0. The molecule has 2 rings (SSSR count). The van der Waals surface area contributed by atoms with Gasteiger partial charge in [-0.25, -0.2) is 0 Å². The van der Waals surface area contributed by atoms with E-state index < -0.39 is 6.04 Å². The highest BCUT2D eigenvalue weighted by atomic mass is 35.5. The van der Waals surface area contributed by atoms with Crippen molar-refractivity contribution < 1.29 is 9.59 Å². The number of halogens is 2. The lowest BCUT2D eigenvalue weighted by atomic mass is 10.1. The minimum absolute atomic E-state index is 0.145. The SMILES string of the molecule is C=CCNC(=O)[C@H](C)N(Cc1ccc(Cl)cc1)C(=O)Cc1ccc(Cl)cc1. The van der Waals surface area contributed by atoms with Crippen LogP contribution in [0, 0.1) is 0 Å². The highest BCUT2D eigenvalue weighted by Crippen LogP contribution is 2.16. The third-order valence-corrected chi connectivity index (χ3v) is 4.63. The second-order valence-corrected chi connectivity index (χ2v) is 7.03. The molecule has 0 radical (unpaired) electrons. The minimum Gasteiger partial charge on any atom is -0.351 e. The molecule has 0 saturated carbocycles. The van der Waals surface area contributed by atoms with Crippen LogP contribution in [-0.2, 0) is 22.6 Å². The lowest BCUT2D eigenvalue weighted by Crippen LogP contribution is -2.48. The van der Waals surface area contributed by atoms with Crippen LogP contribution in [0.2, 0.25) is 10.0 Å². The van der Waals surface area contributed by atoms with E-state index in [1.165, 1.54) is 0 Å². The molecule has 0 bridgehead atoms. The predicted octanol–water partition coefficient (Wildman–Crippen LogP) is 4.26. The van der Waals surface area contributed by atoms with Crippen LogP contribution in [0.3, 0.4) is 0 Å². The quantitative estimate of drug-likeness (QED) is 0.668. The standard InChI is InChI=1S/C21H22Cl2N2O2/c1-3-12-24-21(27)15(2)25(14-17-6-10-19(23)11-7-17)20(26)13-16-4-8-18(22)9-5-16/h3-11,15H,1,12-14H2,2H3,(H,24,27)/t15-/m0/s1. The van der Waals surface area contributed by atoms with Crippen LogP contribution >= 0.6 is 23.2 Å². The first-order valence-electron chi connectivity index (χ1n) is 8.57. The van der Waals surface area contributed by atoms with Gasteiger partial charge in [0.15, 0.2) is 0 Å². The van der Waals surface area contributed by atoms with Crippen molar-refractivity contribution in [3.63, 3.8) is 0 Å². The van der Waals surface area contributed by atoms with Gasteiger partial charge >= 0.3 is 0 Å². The Morgan fingerprint density at radius 2 is 1.56 bits per heavy atom. The van der Waals surface area contributed by atoms with Crippen molar-refractivity contribution in [3.05, 3.63) is 82.4 Å². The van der Waals surface area contributed by atoms with E-state index in [-0.39, 0.29) is 18.2 Å². The fraction of sp³-hybridized carbons (Fsp3) is 0.238. The molecule has 2 aromatic carbocycles. The molecule has 27 heavy (non-hydrogen) atoms. The Balaban J connectivity index is 2.19. The lowest BCUT2D eigenvalue weighted by molar-refractivity contribution is -0.140. The summed E-state index contributed by atoms with van der Waals surface area (Å²) in [6.45, 7) is 5.97. The highest BCUT2D eigenvalue weighted by Gasteiger charge is 2.25. The summed E-state index contributed by atoms with van der Waals surface area (Å²) < 4.78 is 0. The molecule has 0 aromatic heterocycles. The molecule has 6 heteroatoms. The number of amides is 2. The number of hydrogen-bond acceptors (Lipinski definition) is 2. The zero-order chi connectivity index (χ0) is 19.8. The summed E-state index contributed by atoms with van der Waals surface area (Å²) in [7, 11) is 0. The topological polar surface area (TPSA) is 49.4 Å². The molecule has 0 aliphatic heterocycles. The van der Waals surface area contributed by atoms with E-state index in [9.17, 15) is 9.59 Å². The summed E-state index contributed by atoms with van der Waals surface area (Å²) in [6.07, 6.45) is 1.79. The van der Waals surface area contributed by atoms with Gasteiger partial charge in [-0.1, -0.05) is 53.5 Å². The highest BCUT2D eigenvalue weighted by molar-refractivity contribution is 6.30. The van der Waals surface area contributed by atoms with E-state index >= 15 is 0 Å². The van der Waals surface area contributed by atoms with Gasteiger partial charge in [0.2, 0.25) is 11.8 Å². The first kappa shape index (κ1) is 21.0. The van der Waals surface area contributed by atoms with Gasteiger partial charge in [0.25, 0.3) is 0 Å². The van der Waals surface area contributed by atoms with Gasteiger partial charge in [-0.2, -0.15) is 0 Å². The van der Waals surface area contributed by atoms with Gasteiger partial charge in [-0.15, -0.1) is 6.58 Å². The van der Waals surface area contributed by atoms with E-state index in [0.29, 0.717) is 23.1 Å². The van der Waals surface area contributed by atoms with Gasteiger partial charge in [0.05, 0.1) is 6.42 Å². The van der Waals surface area contributed by atoms with Crippen LogP contribution in [0.4, 0.5) is 0 Å². The number of nitrogens with one attached hydrogen (secondary N) is 1. The van der Waals surface area contributed by atoms with Crippen LogP contribution < -0.4 is 5.32 Å². The van der Waals surface area contributed by atoms with E-state index in [1.54, 1.807) is 42.2 Å². The second kappa shape index (κ2) is 10.1. The molecule has 1 atom stereocenters. The minimum atomic E-state index is -0.625. The monoisotopic (exact) mass is 404 g/mol. The molecule has 0 aliphatic carbocycles. The normalized spacial score (nSPS) is 11.5. The fourth-order valence-electron chi connectivity index (χ4n) is 2.57. The van der Waals surface area contributed by atoms with Gasteiger partial charge in [0.1, 0.15) is 6.04 Å². The fourth-order valence-corrected chi connectivity index (χ4v) is 2.82. The molecule has 0 spiro atoms. The number of benzene rings is 2. The Morgan fingerprint density at radius 3 is 2.07 bits per heavy atom. The van der Waals surface area contributed by atoms with Crippen molar-refractivity contribution in [1.82, 2.24) is 10.2 Å². The van der Waals surface area contributed by atoms with Crippen LogP contribution in [0.15, 0.2) is 61.2 Å². The summed E-state index contributed by atoms with van der Waals surface area (Å²) >= 11 is 11.8. The van der Waals surface area contributed by atoms with Crippen molar-refractivity contribution in [1.29, 1.82) is 0 Å². The summed E-state index contributed by atoms with van der Waals surface area (Å²) in [5, 5.41) is 3.98. The molecule has 4 nitrogen and oxygen atoms in total. The first-order chi connectivity index (χ1) is 12.9. The van der Waals surface area contributed by atoms with E-state index in [2.05, 4.69) is 11.9 Å². The van der Waals surface area contributed by atoms with E-state index in [1.807, 2.05) is 24.3 Å². The zero-order valence-corrected chi connectivity index (χ0v) is 16.6. The first-order valence-corrected chi connectivity index (χ1v) is 9.33. The summed E-state index contributed by atoms with van der Waals surface area (Å²) in [5.74, 6) is -0.373. The Hall–Kier alpha value is -2.30. The molecule has 0 unspecified atom stereocenters. The summed E-state index contributed by atoms with van der Waals surface area (Å²) in [6, 6.07) is 13.7. The molecule has 0 saturated heterocycles. The molecule has 0 fully saturated rings. The Kier molecular flexibility index (Phi) is 7.89. The second-order valence-electron chi connectivity index (χ2n) is 6.16. The zero-order valence-electron chi connectivity index (χ0n) is 15.1. The Morgan fingerprint density at radius 1 is 1.04 bits per heavy atom. The van der Waals surface area contributed by atoms with E-state index in [4.69, 9.17) is 23.2 Å². The molecular formula is C21H22Cl2N2O2. The van der Waals surface area contributed by atoms with E-state index in [0.717, 1.165) is 11.1 Å². The van der Waals surface area contributed by atoms with Gasteiger partial charge in [0, 0.05) is 23.1 Å². The maximum Gasteiger partial charge on any atom is 0.242 e. The Labute approximate surface area is 169 Å². The Bertz CT molecular complexity index is 789. The number of hydrogen-bond donors (Lipinski definition) is 1. The van der Waals surface area contributed by atoms with Crippen LogP contribution in [0.25, 0.3) is 0 Å². The molecule has 2 aromatic rings. The molecule has 0 heterocycles. The van der Waals surface area contributed by atoms with Gasteiger partial charge in [-0.05, 0) is 42.3 Å². The molecule has 2 amide bonds. The van der Waals surface area contributed by atoms with Crippen molar-refractivity contribution >= 4 is 35.0 Å². The number of carbonyl (C=O) groups excluding carboxylic acids is 2. The third kappa shape index (κ3) is 6.42. The molecule has 0 aliphatic rings. The van der Waals surface area contributed by atoms with Crippen molar-refractivity contribution in [3.8, 4) is 0 Å². The predicted molar refractivity (Wildman–Crippen MR) is 110 cm³/mol. The summed E-state index contributed by atoms with van der Waals surface area (Å²) in [5.41, 5.74) is 1.73. The molecular weight excluding hydrogens is 383 g/mol. The number of nitrogens with zero attached hydrogens (tertiary/aromatic N) is 1. The average molecular weight is 405 g/mol. The lowest BCUT2D eigenvalue weighted by Gasteiger charge is -2.29. The van der Waals surface area contributed by atoms with Crippen molar-refractivity contribution in [2.45, 2.75) is 25.9 Å². The molecule has 142 valence electrons. The van der Waals surface area contributed by atoms with Crippen molar-refractivity contribution in [2.75, 3.05) is 6.54 Å². The average Bonchev–Trinajstić information content (AvgIpc) is 2.66. The van der Waals surface area contributed by atoms with Crippen LogP contribution in [0.1, 0.15) is 18.1 Å². The maximum atomic E-state index is 13.0. The van der Waals surface area contributed by atoms with Gasteiger partial charge in [-0.3, -0.25) is 9.59 Å². The number of carbonyl (C=O) groups is 2. The van der Waals surface area contributed by atoms with Crippen molar-refractivity contribution in [2.24, 2.45) is 0 Å². The van der Waals surface area contributed by atoms with Gasteiger partial charge < -0.3 is 10.2 Å². The number of rotatable bonds is 8. The smallest absolute Gasteiger partial charge is 0.242 e. The molecule has 1 N–H and O–H groups in total.